The monoisotopic (exact) mass is 570 g/mol. The maximum atomic E-state index is 14.4. The number of anilines is 3. The average Bonchev–Trinajstić information content (AvgIpc) is 3.42. The third kappa shape index (κ3) is 6.63. The van der Waals surface area contributed by atoms with E-state index in [0.29, 0.717) is 64.6 Å². The summed E-state index contributed by atoms with van der Waals surface area (Å²) < 4.78 is 26.1. The molecule has 0 saturated carbocycles. The molecule has 1 aliphatic rings. The van der Waals surface area contributed by atoms with Gasteiger partial charge in [-0.05, 0) is 57.2 Å². The van der Waals surface area contributed by atoms with Crippen molar-refractivity contribution in [2.24, 2.45) is 0 Å². The Bertz CT molecular complexity index is 1650. The number of nitrogens with zero attached hydrogens (tertiary/aromatic N) is 4. The van der Waals surface area contributed by atoms with Crippen LogP contribution in [-0.2, 0) is 9.53 Å². The summed E-state index contributed by atoms with van der Waals surface area (Å²) in [5.74, 6) is 0.0599. The molecule has 2 aromatic heterocycles. The first-order valence-electron chi connectivity index (χ1n) is 13.4. The lowest BCUT2D eigenvalue weighted by molar-refractivity contribution is -0.111. The molecule has 216 valence electrons. The number of benzene rings is 2. The third-order valence-corrected chi connectivity index (χ3v) is 6.44. The summed E-state index contributed by atoms with van der Waals surface area (Å²) in [4.78, 5) is 39.6. The molecule has 2 amide bonds. The largest absolute Gasteiger partial charge is 0.486 e. The number of likely N-dealkylation sites (tertiary alicyclic amines) is 1. The molecular weight excluding hydrogens is 539 g/mol. The molecule has 1 atom stereocenters. The Labute approximate surface area is 242 Å². The number of nitrogens with one attached hydrogen (secondary N) is 2. The summed E-state index contributed by atoms with van der Waals surface area (Å²) in [5, 5.41) is 6.66. The van der Waals surface area contributed by atoms with E-state index in [2.05, 4.69) is 32.2 Å². The van der Waals surface area contributed by atoms with E-state index in [1.165, 1.54) is 12.4 Å². The highest BCUT2D eigenvalue weighted by Crippen LogP contribution is 2.35. The lowest BCUT2D eigenvalue weighted by Gasteiger charge is -2.24. The van der Waals surface area contributed by atoms with E-state index in [-0.39, 0.29) is 11.9 Å². The van der Waals surface area contributed by atoms with Crippen LogP contribution in [0, 0.1) is 5.82 Å². The van der Waals surface area contributed by atoms with Crippen molar-refractivity contribution in [2.75, 3.05) is 23.7 Å². The summed E-state index contributed by atoms with van der Waals surface area (Å²) in [6.45, 7) is 9.82. The van der Waals surface area contributed by atoms with Gasteiger partial charge < -0.3 is 25.0 Å². The van der Waals surface area contributed by atoms with Crippen LogP contribution in [0.5, 0.6) is 5.75 Å². The summed E-state index contributed by atoms with van der Waals surface area (Å²) >= 11 is 0. The Kier molecular flexibility index (Phi) is 8.01. The van der Waals surface area contributed by atoms with E-state index in [9.17, 15) is 14.0 Å². The number of aromatic nitrogens is 3. The number of amides is 2. The zero-order valence-electron chi connectivity index (χ0n) is 23.6. The van der Waals surface area contributed by atoms with E-state index in [1.54, 1.807) is 53.6 Å². The van der Waals surface area contributed by atoms with Gasteiger partial charge in [0.05, 0.1) is 23.4 Å². The molecule has 4 aromatic rings. The first-order chi connectivity index (χ1) is 20.1. The minimum absolute atomic E-state index is 0.317. The standard InChI is InChI=1S/C31H31FN6O4/c1-5-28(39)37-26-15-22-25(16-27(26)41-20-11-13-38(17-20)30(40)42-31(2,3)4)34-18-35-29(22)36-19-10-12-33-24(14-19)21-8-6-7-9-23(21)32/h5-10,12,14-16,18,20H,1,11,13,17H2,2-4H3,(H,37,39)(H,33,34,35,36). The minimum Gasteiger partial charge on any atom is -0.486 e. The second kappa shape index (κ2) is 11.8. The van der Waals surface area contributed by atoms with E-state index < -0.39 is 17.6 Å². The highest BCUT2D eigenvalue weighted by atomic mass is 19.1. The second-order valence-corrected chi connectivity index (χ2v) is 10.8. The molecule has 1 unspecified atom stereocenters. The Morgan fingerprint density at radius 1 is 1.12 bits per heavy atom. The number of fused-ring (bicyclic) bond motifs is 1. The molecule has 1 saturated heterocycles. The molecule has 1 aliphatic heterocycles. The molecule has 42 heavy (non-hydrogen) atoms. The molecule has 3 heterocycles. The van der Waals surface area contributed by atoms with Crippen LogP contribution in [0.4, 0.5) is 26.4 Å². The van der Waals surface area contributed by atoms with Crippen molar-refractivity contribution in [3.05, 3.63) is 79.5 Å². The summed E-state index contributed by atoms with van der Waals surface area (Å²) in [6, 6.07) is 13.3. The third-order valence-electron chi connectivity index (χ3n) is 6.44. The Hall–Kier alpha value is -5.06. The van der Waals surface area contributed by atoms with E-state index >= 15 is 0 Å². The van der Waals surface area contributed by atoms with Gasteiger partial charge in [-0.25, -0.2) is 19.2 Å². The lowest BCUT2D eigenvalue weighted by atomic mass is 10.1. The fourth-order valence-corrected chi connectivity index (χ4v) is 4.52. The normalized spacial score (nSPS) is 14.9. The molecular formula is C31H31FN6O4. The summed E-state index contributed by atoms with van der Waals surface area (Å²) in [6.07, 6.45) is 4.03. The molecule has 0 radical (unpaired) electrons. The van der Waals surface area contributed by atoms with Gasteiger partial charge in [0, 0.05) is 41.9 Å². The van der Waals surface area contributed by atoms with Gasteiger partial charge in [0.1, 0.15) is 35.4 Å². The van der Waals surface area contributed by atoms with Crippen molar-refractivity contribution in [1.82, 2.24) is 19.9 Å². The van der Waals surface area contributed by atoms with Crippen LogP contribution in [-0.4, -0.2) is 56.6 Å². The van der Waals surface area contributed by atoms with Crippen LogP contribution < -0.4 is 15.4 Å². The number of ether oxygens (including phenoxy) is 2. The fraction of sp³-hybridized carbons (Fsp3) is 0.258. The maximum Gasteiger partial charge on any atom is 0.410 e. The maximum absolute atomic E-state index is 14.4. The number of carbonyl (C=O) groups excluding carboxylic acids is 2. The van der Waals surface area contributed by atoms with E-state index in [0.717, 1.165) is 6.08 Å². The van der Waals surface area contributed by atoms with E-state index in [1.807, 2.05) is 20.8 Å². The molecule has 0 aliphatic carbocycles. The van der Waals surface area contributed by atoms with Gasteiger partial charge in [0.2, 0.25) is 5.91 Å². The molecule has 5 rings (SSSR count). The van der Waals surface area contributed by atoms with Crippen molar-refractivity contribution < 1.29 is 23.5 Å². The molecule has 2 N–H and O–H groups in total. The molecule has 10 nitrogen and oxygen atoms in total. The smallest absolute Gasteiger partial charge is 0.410 e. The van der Waals surface area contributed by atoms with Crippen LogP contribution in [0.25, 0.3) is 22.2 Å². The Balaban J connectivity index is 1.43. The molecule has 1 fully saturated rings. The lowest BCUT2D eigenvalue weighted by Crippen LogP contribution is -2.36. The van der Waals surface area contributed by atoms with Crippen molar-refractivity contribution in [3.8, 4) is 17.0 Å². The summed E-state index contributed by atoms with van der Waals surface area (Å²) in [7, 11) is 0. The van der Waals surface area contributed by atoms with Crippen LogP contribution in [0.3, 0.4) is 0 Å². The zero-order chi connectivity index (χ0) is 29.9. The van der Waals surface area contributed by atoms with Gasteiger partial charge >= 0.3 is 6.09 Å². The first-order valence-corrected chi connectivity index (χ1v) is 13.4. The quantitative estimate of drug-likeness (QED) is 0.257. The fourth-order valence-electron chi connectivity index (χ4n) is 4.52. The van der Waals surface area contributed by atoms with E-state index in [4.69, 9.17) is 9.47 Å². The van der Waals surface area contributed by atoms with Gasteiger partial charge in [-0.1, -0.05) is 18.7 Å². The van der Waals surface area contributed by atoms with Crippen LogP contribution in [0.2, 0.25) is 0 Å². The Morgan fingerprint density at radius 2 is 1.93 bits per heavy atom. The predicted molar refractivity (Wildman–Crippen MR) is 158 cm³/mol. The van der Waals surface area contributed by atoms with Crippen molar-refractivity contribution in [3.63, 3.8) is 0 Å². The predicted octanol–water partition coefficient (Wildman–Crippen LogP) is 6.09. The van der Waals surface area contributed by atoms with Crippen molar-refractivity contribution in [2.45, 2.75) is 38.9 Å². The minimum atomic E-state index is -0.600. The summed E-state index contributed by atoms with van der Waals surface area (Å²) in [5.41, 5.74) is 1.82. The van der Waals surface area contributed by atoms with Gasteiger partial charge in [-0.15, -0.1) is 0 Å². The van der Waals surface area contributed by atoms with Crippen molar-refractivity contribution >= 4 is 40.1 Å². The average molecular weight is 571 g/mol. The first kappa shape index (κ1) is 28.5. The van der Waals surface area contributed by atoms with Crippen LogP contribution >= 0.6 is 0 Å². The SMILES string of the molecule is C=CC(=O)Nc1cc2c(Nc3ccnc(-c4ccccc4F)c3)ncnc2cc1OC1CCN(C(=O)OC(C)(C)C)C1. The Morgan fingerprint density at radius 3 is 2.69 bits per heavy atom. The number of pyridine rings is 1. The number of rotatable bonds is 7. The molecule has 0 spiro atoms. The molecule has 2 aromatic carbocycles. The highest BCUT2D eigenvalue weighted by molar-refractivity contribution is 6.03. The second-order valence-electron chi connectivity index (χ2n) is 10.8. The zero-order valence-corrected chi connectivity index (χ0v) is 23.6. The van der Waals surface area contributed by atoms with Crippen LogP contribution in [0.15, 0.2) is 73.7 Å². The molecule has 0 bridgehead atoms. The topological polar surface area (TPSA) is 119 Å². The van der Waals surface area contributed by atoms with Gasteiger partial charge in [0.15, 0.2) is 0 Å². The number of carbonyl (C=O) groups is 2. The molecule has 11 heteroatoms. The van der Waals surface area contributed by atoms with Gasteiger partial charge in [0.25, 0.3) is 0 Å². The van der Waals surface area contributed by atoms with Gasteiger partial charge in [-0.3, -0.25) is 9.78 Å². The van der Waals surface area contributed by atoms with Crippen LogP contribution in [0.1, 0.15) is 27.2 Å². The number of halogens is 1. The number of hydrogen-bond donors (Lipinski definition) is 2. The van der Waals surface area contributed by atoms with Gasteiger partial charge in [-0.2, -0.15) is 0 Å². The highest BCUT2D eigenvalue weighted by Gasteiger charge is 2.31. The number of hydrogen-bond acceptors (Lipinski definition) is 8. The van der Waals surface area contributed by atoms with Crippen molar-refractivity contribution in [1.29, 1.82) is 0 Å².